The van der Waals surface area contributed by atoms with Crippen LogP contribution in [0.4, 0.5) is 0 Å². The summed E-state index contributed by atoms with van der Waals surface area (Å²) >= 11 is 1.64. The van der Waals surface area contributed by atoms with Gasteiger partial charge in [-0.15, -0.1) is 11.3 Å². The fraction of sp³-hybridized carbons (Fsp3) is 0.214. The highest BCUT2D eigenvalue weighted by Gasteiger charge is 2.07. The SMILES string of the molecule is N#CC[C@@H](O)c1cccc(OCc2cccs2)c1. The van der Waals surface area contributed by atoms with Gasteiger partial charge in [-0.25, -0.2) is 0 Å². The molecule has 18 heavy (non-hydrogen) atoms. The fourth-order valence-corrected chi connectivity index (χ4v) is 2.18. The number of aliphatic hydroxyl groups is 1. The van der Waals surface area contributed by atoms with E-state index in [1.165, 1.54) is 0 Å². The molecule has 2 aromatic rings. The average molecular weight is 259 g/mol. The molecular formula is C14H13NO2S. The molecule has 0 radical (unpaired) electrons. The highest BCUT2D eigenvalue weighted by Crippen LogP contribution is 2.22. The average Bonchev–Trinajstić information content (AvgIpc) is 2.90. The van der Waals surface area contributed by atoms with Gasteiger partial charge >= 0.3 is 0 Å². The van der Waals surface area contributed by atoms with Crippen molar-refractivity contribution < 1.29 is 9.84 Å². The minimum Gasteiger partial charge on any atom is -0.488 e. The van der Waals surface area contributed by atoms with Crippen molar-refractivity contribution in [2.24, 2.45) is 0 Å². The zero-order valence-corrected chi connectivity index (χ0v) is 10.6. The lowest BCUT2D eigenvalue weighted by molar-refractivity contribution is 0.182. The molecule has 0 aliphatic rings. The maximum Gasteiger partial charge on any atom is 0.122 e. The van der Waals surface area contributed by atoms with Crippen LogP contribution in [0.25, 0.3) is 0 Å². The number of ether oxygens (including phenoxy) is 1. The second kappa shape index (κ2) is 6.20. The first kappa shape index (κ1) is 12.6. The lowest BCUT2D eigenvalue weighted by Gasteiger charge is -2.10. The first-order valence-electron chi connectivity index (χ1n) is 5.60. The third-order valence-electron chi connectivity index (χ3n) is 2.49. The first-order valence-corrected chi connectivity index (χ1v) is 6.47. The van der Waals surface area contributed by atoms with Crippen LogP contribution in [0.15, 0.2) is 41.8 Å². The largest absolute Gasteiger partial charge is 0.488 e. The Balaban J connectivity index is 2.01. The molecule has 1 N–H and O–H groups in total. The third kappa shape index (κ3) is 3.33. The number of nitrogens with zero attached hydrogens (tertiary/aromatic N) is 1. The molecular weight excluding hydrogens is 246 g/mol. The molecule has 0 saturated carbocycles. The van der Waals surface area contributed by atoms with E-state index in [0.29, 0.717) is 17.9 Å². The molecule has 0 bridgehead atoms. The van der Waals surface area contributed by atoms with Crippen molar-refractivity contribution in [3.63, 3.8) is 0 Å². The van der Waals surface area contributed by atoms with Crippen LogP contribution in [-0.2, 0) is 6.61 Å². The lowest BCUT2D eigenvalue weighted by atomic mass is 10.1. The van der Waals surface area contributed by atoms with Gasteiger partial charge in [0.2, 0.25) is 0 Å². The summed E-state index contributed by atoms with van der Waals surface area (Å²) in [7, 11) is 0. The van der Waals surface area contributed by atoms with E-state index in [-0.39, 0.29) is 6.42 Å². The van der Waals surface area contributed by atoms with Gasteiger partial charge in [0.15, 0.2) is 0 Å². The molecule has 1 aromatic heterocycles. The van der Waals surface area contributed by atoms with Gasteiger partial charge in [0.05, 0.1) is 18.6 Å². The molecule has 0 aliphatic carbocycles. The topological polar surface area (TPSA) is 53.2 Å². The Kier molecular flexibility index (Phi) is 4.35. The number of benzene rings is 1. The summed E-state index contributed by atoms with van der Waals surface area (Å²) in [6, 6.07) is 13.2. The summed E-state index contributed by atoms with van der Waals surface area (Å²) < 4.78 is 5.64. The third-order valence-corrected chi connectivity index (χ3v) is 3.34. The fourth-order valence-electron chi connectivity index (χ4n) is 1.57. The van der Waals surface area contributed by atoms with E-state index >= 15 is 0 Å². The molecule has 0 fully saturated rings. The highest BCUT2D eigenvalue weighted by molar-refractivity contribution is 7.09. The van der Waals surface area contributed by atoms with Gasteiger partial charge in [0.1, 0.15) is 12.4 Å². The van der Waals surface area contributed by atoms with Crippen LogP contribution in [0, 0.1) is 11.3 Å². The first-order chi connectivity index (χ1) is 8.79. The maximum atomic E-state index is 9.72. The summed E-state index contributed by atoms with van der Waals surface area (Å²) in [4.78, 5) is 1.15. The van der Waals surface area contributed by atoms with Crippen LogP contribution in [0.1, 0.15) is 23.0 Å². The van der Waals surface area contributed by atoms with Crippen LogP contribution < -0.4 is 4.74 Å². The van der Waals surface area contributed by atoms with Gasteiger partial charge in [0, 0.05) is 4.88 Å². The van der Waals surface area contributed by atoms with E-state index in [1.54, 1.807) is 23.5 Å². The van der Waals surface area contributed by atoms with Crippen LogP contribution in [0.2, 0.25) is 0 Å². The zero-order valence-electron chi connectivity index (χ0n) is 9.74. The Bertz CT molecular complexity index is 531. The quantitative estimate of drug-likeness (QED) is 0.896. The molecule has 1 atom stereocenters. The molecule has 0 unspecified atom stereocenters. The van der Waals surface area contributed by atoms with Crippen molar-refractivity contribution in [1.29, 1.82) is 5.26 Å². The predicted octanol–water partition coefficient (Wildman–Crippen LogP) is 3.27. The van der Waals surface area contributed by atoms with E-state index in [9.17, 15) is 5.11 Å². The maximum absolute atomic E-state index is 9.72. The second-order valence-corrected chi connectivity index (χ2v) is 4.85. The Morgan fingerprint density at radius 3 is 2.94 bits per heavy atom. The molecule has 1 heterocycles. The molecule has 1 aromatic carbocycles. The second-order valence-electron chi connectivity index (χ2n) is 3.82. The van der Waals surface area contributed by atoms with Crippen molar-refractivity contribution in [1.82, 2.24) is 0 Å². The van der Waals surface area contributed by atoms with Crippen molar-refractivity contribution in [2.75, 3.05) is 0 Å². The van der Waals surface area contributed by atoms with Crippen LogP contribution in [0.3, 0.4) is 0 Å². The minimum atomic E-state index is -0.750. The van der Waals surface area contributed by atoms with Gasteiger partial charge in [-0.05, 0) is 29.1 Å². The van der Waals surface area contributed by atoms with E-state index < -0.39 is 6.10 Å². The smallest absolute Gasteiger partial charge is 0.122 e. The number of aliphatic hydroxyl groups excluding tert-OH is 1. The van der Waals surface area contributed by atoms with Gasteiger partial charge < -0.3 is 9.84 Å². The van der Waals surface area contributed by atoms with Gasteiger partial charge in [-0.3, -0.25) is 0 Å². The van der Waals surface area contributed by atoms with E-state index in [4.69, 9.17) is 10.00 Å². The number of hydrogen-bond donors (Lipinski definition) is 1. The molecule has 4 heteroatoms. The van der Waals surface area contributed by atoms with Gasteiger partial charge in [0.25, 0.3) is 0 Å². The Hall–Kier alpha value is -1.83. The zero-order chi connectivity index (χ0) is 12.8. The molecule has 3 nitrogen and oxygen atoms in total. The van der Waals surface area contributed by atoms with Gasteiger partial charge in [-0.2, -0.15) is 5.26 Å². The van der Waals surface area contributed by atoms with Crippen molar-refractivity contribution >= 4 is 11.3 Å². The van der Waals surface area contributed by atoms with Gasteiger partial charge in [-0.1, -0.05) is 18.2 Å². The van der Waals surface area contributed by atoms with Crippen molar-refractivity contribution in [3.05, 3.63) is 52.2 Å². The Morgan fingerprint density at radius 1 is 1.33 bits per heavy atom. The Labute approximate surface area is 110 Å². The van der Waals surface area contributed by atoms with Crippen LogP contribution in [-0.4, -0.2) is 5.11 Å². The molecule has 0 aliphatic heterocycles. The van der Waals surface area contributed by atoms with Crippen molar-refractivity contribution in [3.8, 4) is 11.8 Å². The molecule has 0 amide bonds. The molecule has 0 spiro atoms. The normalized spacial score (nSPS) is 11.8. The summed E-state index contributed by atoms with van der Waals surface area (Å²) in [5.74, 6) is 0.706. The highest BCUT2D eigenvalue weighted by atomic mass is 32.1. The number of nitriles is 1. The number of thiophene rings is 1. The summed E-state index contributed by atoms with van der Waals surface area (Å²) in [6.45, 7) is 0.523. The molecule has 92 valence electrons. The number of rotatable bonds is 5. The van der Waals surface area contributed by atoms with E-state index in [0.717, 1.165) is 4.88 Å². The van der Waals surface area contributed by atoms with Crippen LogP contribution in [0.5, 0.6) is 5.75 Å². The van der Waals surface area contributed by atoms with E-state index in [2.05, 4.69) is 0 Å². The molecule has 2 rings (SSSR count). The van der Waals surface area contributed by atoms with E-state index in [1.807, 2.05) is 35.7 Å². The lowest BCUT2D eigenvalue weighted by Crippen LogP contribution is -1.98. The molecule has 0 saturated heterocycles. The predicted molar refractivity (Wildman–Crippen MR) is 70.3 cm³/mol. The summed E-state index contributed by atoms with van der Waals surface area (Å²) in [5, 5.41) is 20.3. The summed E-state index contributed by atoms with van der Waals surface area (Å²) in [5.41, 5.74) is 0.709. The number of hydrogen-bond acceptors (Lipinski definition) is 4. The monoisotopic (exact) mass is 259 g/mol. The minimum absolute atomic E-state index is 0.0916. The standard InChI is InChI=1S/C14H13NO2S/c15-7-6-14(16)11-3-1-4-12(9-11)17-10-13-5-2-8-18-13/h1-5,8-9,14,16H,6,10H2/t14-/m1/s1. The van der Waals surface area contributed by atoms with Crippen molar-refractivity contribution in [2.45, 2.75) is 19.1 Å². The van der Waals surface area contributed by atoms with Crippen LogP contribution >= 0.6 is 11.3 Å². The summed E-state index contributed by atoms with van der Waals surface area (Å²) in [6.07, 6.45) is -0.658. The Morgan fingerprint density at radius 2 is 2.22 bits per heavy atom.